The highest BCUT2D eigenvalue weighted by molar-refractivity contribution is 5.98. The molecule has 2 N–H and O–H groups in total. The number of nitrogens with two attached hydrogens (primary N) is 1. The van der Waals surface area contributed by atoms with Crippen LogP contribution in [0.4, 0.5) is 0 Å². The zero-order valence-electron chi connectivity index (χ0n) is 14.1. The molecule has 0 fully saturated rings. The number of ether oxygens (including phenoxy) is 1. The molecule has 24 heavy (non-hydrogen) atoms. The summed E-state index contributed by atoms with van der Waals surface area (Å²) in [5.74, 6) is 0.0311. The molecule has 0 saturated carbocycles. The topological polar surface area (TPSA) is 95.4 Å². The van der Waals surface area contributed by atoms with Gasteiger partial charge in [-0.05, 0) is 18.6 Å². The molecule has 0 aromatic carbocycles. The summed E-state index contributed by atoms with van der Waals surface area (Å²) in [7, 11) is 3.44. The highest BCUT2D eigenvalue weighted by Crippen LogP contribution is 2.17. The van der Waals surface area contributed by atoms with Crippen LogP contribution in [-0.2, 0) is 29.4 Å². The maximum Gasteiger partial charge on any atom is 0.224 e. The minimum absolute atomic E-state index is 0.106. The van der Waals surface area contributed by atoms with E-state index in [0.29, 0.717) is 17.3 Å². The minimum Gasteiger partial charge on any atom is -0.480 e. The number of nitrogens with zero attached hydrogens (tertiary/aromatic N) is 4. The number of primary amides is 1. The molecule has 1 amide bonds. The second-order valence-corrected chi connectivity index (χ2v) is 5.23. The Morgan fingerprint density at radius 1 is 1.42 bits per heavy atom. The predicted molar refractivity (Wildman–Crippen MR) is 92.3 cm³/mol. The van der Waals surface area contributed by atoms with Gasteiger partial charge in [0.2, 0.25) is 11.8 Å². The summed E-state index contributed by atoms with van der Waals surface area (Å²) in [6, 6.07) is 3.53. The maximum absolute atomic E-state index is 10.9. The van der Waals surface area contributed by atoms with Crippen molar-refractivity contribution in [2.75, 3.05) is 7.11 Å². The summed E-state index contributed by atoms with van der Waals surface area (Å²) in [4.78, 5) is 19.6. The Bertz CT molecular complexity index is 775. The van der Waals surface area contributed by atoms with Crippen molar-refractivity contribution in [1.29, 1.82) is 0 Å². The molecule has 0 radical (unpaired) electrons. The molecule has 7 nitrogen and oxygen atoms in total. The molecule has 0 aliphatic carbocycles. The fraction of sp³-hybridized carbons (Fsp3) is 0.294. The summed E-state index contributed by atoms with van der Waals surface area (Å²) in [6.45, 7) is 6.01. The van der Waals surface area contributed by atoms with Gasteiger partial charge in [-0.25, -0.2) is 4.99 Å². The average molecular weight is 327 g/mol. The summed E-state index contributed by atoms with van der Waals surface area (Å²) in [6.07, 6.45) is 4.25. The molecule has 2 heterocycles. The number of methoxy groups -OCH3 is 1. The van der Waals surface area contributed by atoms with Gasteiger partial charge in [0.15, 0.2) is 0 Å². The molecule has 0 atom stereocenters. The van der Waals surface area contributed by atoms with Crippen molar-refractivity contribution in [3.63, 3.8) is 0 Å². The van der Waals surface area contributed by atoms with Crippen LogP contribution >= 0.6 is 0 Å². The molecule has 0 saturated heterocycles. The average Bonchev–Trinajstić information content (AvgIpc) is 2.93. The highest BCUT2D eigenvalue weighted by atomic mass is 16.5. The van der Waals surface area contributed by atoms with E-state index in [2.05, 4.69) is 21.7 Å². The highest BCUT2D eigenvalue weighted by Gasteiger charge is 2.14. The van der Waals surface area contributed by atoms with Gasteiger partial charge in [-0.15, -0.1) is 0 Å². The number of aliphatic imine (C=N–C) groups is 1. The van der Waals surface area contributed by atoms with Gasteiger partial charge in [0, 0.05) is 24.5 Å². The monoisotopic (exact) mass is 327 g/mol. The van der Waals surface area contributed by atoms with Crippen LogP contribution in [0.25, 0.3) is 5.70 Å². The van der Waals surface area contributed by atoms with Crippen molar-refractivity contribution >= 4 is 17.5 Å². The van der Waals surface area contributed by atoms with Crippen LogP contribution in [0.3, 0.4) is 0 Å². The first-order chi connectivity index (χ1) is 11.5. The lowest BCUT2D eigenvalue weighted by Crippen LogP contribution is -2.14. The Kier molecular flexibility index (Phi) is 5.47. The quantitative estimate of drug-likeness (QED) is 0.642. The number of rotatable bonds is 6. The number of amides is 1. The summed E-state index contributed by atoms with van der Waals surface area (Å²) in [5, 5.41) is 4.25. The second-order valence-electron chi connectivity index (χ2n) is 5.23. The zero-order valence-corrected chi connectivity index (χ0v) is 14.1. The first-order valence-electron chi connectivity index (χ1n) is 7.52. The third-order valence-electron chi connectivity index (χ3n) is 3.57. The van der Waals surface area contributed by atoms with Crippen LogP contribution in [0.5, 0.6) is 0 Å². The standard InChI is InChI=1S/C17H21N5O2/c1-5-15-14(10-20-22(15)3)17(24-4)21-11(2)12-6-7-13(19-9-12)8-16(18)23/h6-7,9-10H,2,5,8H2,1,3-4H3,(H2,18,23). The molecule has 2 aromatic rings. The molecule has 126 valence electrons. The Morgan fingerprint density at radius 2 is 2.17 bits per heavy atom. The lowest BCUT2D eigenvalue weighted by molar-refractivity contribution is -0.117. The van der Waals surface area contributed by atoms with Crippen LogP contribution in [0.2, 0.25) is 0 Å². The largest absolute Gasteiger partial charge is 0.480 e. The predicted octanol–water partition coefficient (Wildman–Crippen LogP) is 1.47. The smallest absolute Gasteiger partial charge is 0.224 e. The van der Waals surface area contributed by atoms with Gasteiger partial charge >= 0.3 is 0 Å². The molecule has 0 aliphatic rings. The molecule has 0 bridgehead atoms. The van der Waals surface area contributed by atoms with E-state index in [1.807, 2.05) is 14.0 Å². The van der Waals surface area contributed by atoms with E-state index < -0.39 is 5.91 Å². The van der Waals surface area contributed by atoms with Crippen LogP contribution in [0.15, 0.2) is 36.1 Å². The number of pyridine rings is 1. The molecular formula is C17H21N5O2. The third kappa shape index (κ3) is 3.87. The molecule has 0 unspecified atom stereocenters. The number of carbonyl (C=O) groups excluding carboxylic acids is 1. The van der Waals surface area contributed by atoms with E-state index in [9.17, 15) is 4.79 Å². The van der Waals surface area contributed by atoms with E-state index in [4.69, 9.17) is 10.5 Å². The molecule has 2 aromatic heterocycles. The van der Waals surface area contributed by atoms with Crippen LogP contribution in [0, 0.1) is 0 Å². The normalized spacial score (nSPS) is 11.4. The van der Waals surface area contributed by atoms with Gasteiger partial charge in [0.05, 0.1) is 36.7 Å². The second kappa shape index (κ2) is 7.54. The summed E-state index contributed by atoms with van der Waals surface area (Å²) < 4.78 is 7.21. The van der Waals surface area contributed by atoms with Crippen molar-refractivity contribution < 1.29 is 9.53 Å². The van der Waals surface area contributed by atoms with E-state index in [-0.39, 0.29) is 6.42 Å². The van der Waals surface area contributed by atoms with E-state index >= 15 is 0 Å². The lowest BCUT2D eigenvalue weighted by atomic mass is 10.1. The van der Waals surface area contributed by atoms with Gasteiger partial charge in [-0.3, -0.25) is 14.5 Å². The Balaban J connectivity index is 2.27. The maximum atomic E-state index is 10.9. The molecule has 0 aliphatic heterocycles. The van der Waals surface area contributed by atoms with Crippen LogP contribution in [-0.4, -0.2) is 33.7 Å². The van der Waals surface area contributed by atoms with E-state index in [1.165, 1.54) is 0 Å². The first kappa shape index (κ1) is 17.4. The molecule has 7 heteroatoms. The summed E-state index contributed by atoms with van der Waals surface area (Å²) in [5.41, 5.74) is 8.87. The Labute approximate surface area is 140 Å². The fourth-order valence-electron chi connectivity index (χ4n) is 2.34. The van der Waals surface area contributed by atoms with Gasteiger partial charge in [0.25, 0.3) is 0 Å². The summed E-state index contributed by atoms with van der Waals surface area (Å²) >= 11 is 0. The zero-order chi connectivity index (χ0) is 17.7. The lowest BCUT2D eigenvalue weighted by Gasteiger charge is -2.08. The van der Waals surface area contributed by atoms with E-state index in [1.54, 1.807) is 36.3 Å². The number of aromatic nitrogens is 3. The van der Waals surface area contributed by atoms with Crippen molar-refractivity contribution in [1.82, 2.24) is 14.8 Å². The van der Waals surface area contributed by atoms with Crippen molar-refractivity contribution in [3.05, 3.63) is 53.6 Å². The van der Waals surface area contributed by atoms with Gasteiger partial charge in [-0.2, -0.15) is 5.10 Å². The number of aryl methyl sites for hydroxylation is 1. The van der Waals surface area contributed by atoms with Crippen molar-refractivity contribution in [3.8, 4) is 0 Å². The first-order valence-corrected chi connectivity index (χ1v) is 7.52. The fourth-order valence-corrected chi connectivity index (χ4v) is 2.34. The Hall–Kier alpha value is -2.96. The molecular weight excluding hydrogens is 306 g/mol. The number of hydrogen-bond donors (Lipinski definition) is 1. The number of carbonyl (C=O) groups is 1. The van der Waals surface area contributed by atoms with Gasteiger partial charge in [-0.1, -0.05) is 13.5 Å². The van der Waals surface area contributed by atoms with Crippen LogP contribution < -0.4 is 5.73 Å². The number of hydrogen-bond acceptors (Lipinski definition) is 5. The van der Waals surface area contributed by atoms with Crippen molar-refractivity contribution in [2.45, 2.75) is 19.8 Å². The van der Waals surface area contributed by atoms with E-state index in [0.717, 1.165) is 23.2 Å². The van der Waals surface area contributed by atoms with Crippen molar-refractivity contribution in [2.24, 2.45) is 17.8 Å². The van der Waals surface area contributed by atoms with Gasteiger partial charge < -0.3 is 10.5 Å². The molecule has 2 rings (SSSR count). The third-order valence-corrected chi connectivity index (χ3v) is 3.57. The Morgan fingerprint density at radius 3 is 2.71 bits per heavy atom. The SMILES string of the molecule is C=C(N=C(OC)c1cnn(C)c1CC)c1ccc(CC(N)=O)nc1. The molecule has 0 spiro atoms. The minimum atomic E-state index is -0.419. The van der Waals surface area contributed by atoms with Crippen LogP contribution in [0.1, 0.15) is 29.4 Å². The van der Waals surface area contributed by atoms with Gasteiger partial charge in [0.1, 0.15) is 0 Å².